The molecule has 0 bridgehead atoms. The summed E-state index contributed by atoms with van der Waals surface area (Å²) in [6.45, 7) is 7.22. The summed E-state index contributed by atoms with van der Waals surface area (Å²) in [5.74, 6) is 3.55. The summed E-state index contributed by atoms with van der Waals surface area (Å²) >= 11 is 0. The van der Waals surface area contributed by atoms with Gasteiger partial charge in [-0.15, -0.1) is 0 Å². The van der Waals surface area contributed by atoms with Gasteiger partial charge in [0, 0.05) is 19.3 Å². The fraction of sp³-hybridized carbons (Fsp3) is 0.920. The number of fused-ring (bicyclic) bond motifs is 5. The zero-order valence-electron chi connectivity index (χ0n) is 18.8. The SMILES string of the molecule is COC(=O)CC[C@@H](C)C1CCC2C3C[C@H](O)[C@@H]4CC(=O)CCC4(C)C3CCC21C. The second-order valence-electron chi connectivity index (χ2n) is 11.4. The Morgan fingerprint density at radius 1 is 1.14 bits per heavy atom. The van der Waals surface area contributed by atoms with E-state index in [-0.39, 0.29) is 23.4 Å². The van der Waals surface area contributed by atoms with Crippen molar-refractivity contribution in [3.63, 3.8) is 0 Å². The van der Waals surface area contributed by atoms with Gasteiger partial charge in [-0.3, -0.25) is 9.59 Å². The van der Waals surface area contributed by atoms with E-state index >= 15 is 0 Å². The van der Waals surface area contributed by atoms with Crippen molar-refractivity contribution < 1.29 is 19.4 Å². The molecular formula is C25H40O4. The molecule has 0 aromatic rings. The number of rotatable bonds is 4. The number of aliphatic hydroxyl groups is 1. The first-order chi connectivity index (χ1) is 13.7. The molecule has 4 nitrogen and oxygen atoms in total. The number of ketones is 1. The van der Waals surface area contributed by atoms with E-state index in [1.165, 1.54) is 32.8 Å². The molecule has 29 heavy (non-hydrogen) atoms. The van der Waals surface area contributed by atoms with Gasteiger partial charge >= 0.3 is 5.97 Å². The van der Waals surface area contributed by atoms with Gasteiger partial charge in [-0.25, -0.2) is 0 Å². The molecular weight excluding hydrogens is 364 g/mol. The van der Waals surface area contributed by atoms with Crippen LogP contribution in [0.1, 0.15) is 85.0 Å². The Kier molecular flexibility index (Phi) is 5.63. The number of esters is 1. The maximum absolute atomic E-state index is 12.1. The Bertz CT molecular complexity index is 659. The zero-order valence-corrected chi connectivity index (χ0v) is 18.8. The van der Waals surface area contributed by atoms with Crippen molar-refractivity contribution in [2.75, 3.05) is 7.11 Å². The summed E-state index contributed by atoms with van der Waals surface area (Å²) in [5, 5.41) is 11.1. The molecule has 4 aliphatic rings. The lowest BCUT2D eigenvalue weighted by atomic mass is 9.44. The van der Waals surface area contributed by atoms with Gasteiger partial charge in [0.1, 0.15) is 5.78 Å². The highest BCUT2D eigenvalue weighted by molar-refractivity contribution is 5.79. The molecule has 0 aromatic carbocycles. The van der Waals surface area contributed by atoms with Crippen molar-refractivity contribution in [1.29, 1.82) is 0 Å². The average Bonchev–Trinajstić information content (AvgIpc) is 3.05. The molecule has 4 aliphatic carbocycles. The Morgan fingerprint density at radius 2 is 1.86 bits per heavy atom. The van der Waals surface area contributed by atoms with Crippen LogP contribution in [0.15, 0.2) is 0 Å². The van der Waals surface area contributed by atoms with Crippen molar-refractivity contribution in [2.45, 2.75) is 91.1 Å². The van der Waals surface area contributed by atoms with Crippen LogP contribution in [0.25, 0.3) is 0 Å². The standard InChI is InChI=1S/C25H40O4/c1-15(5-8-23(28)29-4)18-6-7-19-17-14-22(27)21-13-16(26)9-11-25(21,3)20(17)10-12-24(18,19)2/h15,17-22,27H,5-14H2,1-4H3/t15-,17?,18?,19?,20?,21+,22+,24?,25?/m1/s1. The maximum Gasteiger partial charge on any atom is 0.305 e. The Morgan fingerprint density at radius 3 is 2.59 bits per heavy atom. The van der Waals surface area contributed by atoms with Crippen molar-refractivity contribution >= 4 is 11.8 Å². The summed E-state index contributed by atoms with van der Waals surface area (Å²) < 4.78 is 4.86. The van der Waals surface area contributed by atoms with Crippen LogP contribution in [-0.4, -0.2) is 30.1 Å². The van der Waals surface area contributed by atoms with Crippen LogP contribution in [0.5, 0.6) is 0 Å². The van der Waals surface area contributed by atoms with E-state index in [0.717, 1.165) is 19.3 Å². The van der Waals surface area contributed by atoms with Gasteiger partial charge in [0.2, 0.25) is 0 Å². The molecule has 1 N–H and O–H groups in total. The van der Waals surface area contributed by atoms with E-state index in [1.807, 2.05) is 0 Å². The summed E-state index contributed by atoms with van der Waals surface area (Å²) in [6, 6.07) is 0. The number of ether oxygens (including phenoxy) is 1. The molecule has 0 heterocycles. The lowest BCUT2D eigenvalue weighted by Gasteiger charge is -2.61. The number of hydrogen-bond acceptors (Lipinski definition) is 4. The second-order valence-corrected chi connectivity index (χ2v) is 11.4. The monoisotopic (exact) mass is 404 g/mol. The largest absolute Gasteiger partial charge is 0.469 e. The summed E-state index contributed by atoms with van der Waals surface area (Å²) in [5.41, 5.74) is 0.455. The lowest BCUT2D eigenvalue weighted by molar-refractivity contribution is -0.166. The number of hydrogen-bond donors (Lipinski definition) is 1. The third-order valence-electron chi connectivity index (χ3n) is 10.3. The lowest BCUT2D eigenvalue weighted by Crippen LogP contribution is -2.58. The highest BCUT2D eigenvalue weighted by atomic mass is 16.5. The van der Waals surface area contributed by atoms with Gasteiger partial charge in [0.15, 0.2) is 0 Å². The molecule has 4 saturated carbocycles. The van der Waals surface area contributed by atoms with Crippen molar-refractivity contribution in [1.82, 2.24) is 0 Å². The molecule has 4 fully saturated rings. The predicted molar refractivity (Wildman–Crippen MR) is 112 cm³/mol. The van der Waals surface area contributed by atoms with Gasteiger partial charge in [0.05, 0.1) is 13.2 Å². The summed E-state index contributed by atoms with van der Waals surface area (Å²) in [6.07, 6.45) is 9.30. The van der Waals surface area contributed by atoms with E-state index in [9.17, 15) is 14.7 Å². The molecule has 0 radical (unpaired) electrons. The molecule has 0 spiro atoms. The van der Waals surface area contributed by atoms with Gasteiger partial charge < -0.3 is 9.84 Å². The molecule has 6 unspecified atom stereocenters. The molecule has 0 aliphatic heterocycles. The van der Waals surface area contributed by atoms with Crippen LogP contribution >= 0.6 is 0 Å². The van der Waals surface area contributed by atoms with Crippen molar-refractivity contribution in [3.05, 3.63) is 0 Å². The highest BCUT2D eigenvalue weighted by Crippen LogP contribution is 2.68. The fourth-order valence-electron chi connectivity index (χ4n) is 8.71. The normalized spacial score (nSPS) is 47.7. The quantitative estimate of drug-likeness (QED) is 0.685. The molecule has 0 saturated heterocycles. The Labute approximate surface area is 176 Å². The topological polar surface area (TPSA) is 63.6 Å². The van der Waals surface area contributed by atoms with Crippen molar-refractivity contribution in [3.8, 4) is 0 Å². The van der Waals surface area contributed by atoms with Crippen LogP contribution in [0.4, 0.5) is 0 Å². The van der Waals surface area contributed by atoms with Crippen LogP contribution in [0.2, 0.25) is 0 Å². The predicted octanol–water partition coefficient (Wildman–Crippen LogP) is 4.77. The summed E-state index contributed by atoms with van der Waals surface area (Å²) in [4.78, 5) is 23.7. The first-order valence-electron chi connectivity index (χ1n) is 12.0. The van der Waals surface area contributed by atoms with E-state index in [2.05, 4.69) is 20.8 Å². The third kappa shape index (κ3) is 3.38. The highest BCUT2D eigenvalue weighted by Gasteiger charge is 2.62. The van der Waals surface area contributed by atoms with Crippen LogP contribution < -0.4 is 0 Å². The Balaban J connectivity index is 1.52. The average molecular weight is 405 g/mol. The van der Waals surface area contributed by atoms with Crippen LogP contribution in [0.3, 0.4) is 0 Å². The van der Waals surface area contributed by atoms with E-state index < -0.39 is 0 Å². The number of carbonyl (C=O) groups excluding carboxylic acids is 2. The molecule has 9 atom stereocenters. The number of Topliss-reactive ketones (excluding diaryl/α,β-unsaturated/α-hetero) is 1. The molecule has 0 amide bonds. The minimum atomic E-state index is -0.316. The van der Waals surface area contributed by atoms with Crippen LogP contribution in [0, 0.1) is 46.3 Å². The first kappa shape index (κ1) is 21.3. The Hall–Kier alpha value is -0.900. The molecule has 4 rings (SSSR count). The van der Waals surface area contributed by atoms with Gasteiger partial charge in [0.25, 0.3) is 0 Å². The molecule has 164 valence electrons. The number of methoxy groups -OCH3 is 1. The smallest absolute Gasteiger partial charge is 0.305 e. The zero-order chi connectivity index (χ0) is 21.0. The molecule has 0 aromatic heterocycles. The van der Waals surface area contributed by atoms with E-state index in [1.54, 1.807) is 0 Å². The van der Waals surface area contributed by atoms with Gasteiger partial charge in [-0.2, -0.15) is 0 Å². The van der Waals surface area contributed by atoms with Crippen molar-refractivity contribution in [2.24, 2.45) is 46.3 Å². The maximum atomic E-state index is 12.1. The number of aliphatic hydroxyl groups excluding tert-OH is 1. The minimum Gasteiger partial charge on any atom is -0.469 e. The summed E-state index contributed by atoms with van der Waals surface area (Å²) in [7, 11) is 1.47. The first-order valence-corrected chi connectivity index (χ1v) is 12.0. The fourth-order valence-corrected chi connectivity index (χ4v) is 8.71. The van der Waals surface area contributed by atoms with E-state index in [4.69, 9.17) is 4.74 Å². The van der Waals surface area contributed by atoms with Gasteiger partial charge in [-0.05, 0) is 91.3 Å². The minimum absolute atomic E-state index is 0.0959. The third-order valence-corrected chi connectivity index (χ3v) is 10.3. The second kappa shape index (κ2) is 7.66. The van der Waals surface area contributed by atoms with Gasteiger partial charge in [-0.1, -0.05) is 20.8 Å². The van der Waals surface area contributed by atoms with E-state index in [0.29, 0.717) is 60.1 Å². The van der Waals surface area contributed by atoms with Crippen LogP contribution in [-0.2, 0) is 14.3 Å². The number of carbonyl (C=O) groups is 2. The molecule has 4 heteroatoms.